The van der Waals surface area contributed by atoms with Crippen molar-refractivity contribution in [2.75, 3.05) is 20.2 Å². The molecule has 0 radical (unpaired) electrons. The van der Waals surface area contributed by atoms with Gasteiger partial charge in [0.2, 0.25) is 5.91 Å². The maximum absolute atomic E-state index is 12.5. The van der Waals surface area contributed by atoms with Gasteiger partial charge in [-0.15, -0.1) is 0 Å². The third-order valence-electron chi connectivity index (χ3n) is 4.78. The predicted molar refractivity (Wildman–Crippen MR) is 87.5 cm³/mol. The third kappa shape index (κ3) is 4.03. The first-order valence-corrected chi connectivity index (χ1v) is 8.10. The SMILES string of the molecule is CCC(CC(=O)N1C[C@@H](C)[C@H](C(=O)O)C1)c1ccc(OC)cc1. The molecule has 3 atom stereocenters. The molecule has 1 aromatic rings. The highest BCUT2D eigenvalue weighted by Crippen LogP contribution is 2.29. The van der Waals surface area contributed by atoms with E-state index in [1.54, 1.807) is 12.0 Å². The van der Waals surface area contributed by atoms with Gasteiger partial charge in [-0.3, -0.25) is 9.59 Å². The van der Waals surface area contributed by atoms with Gasteiger partial charge in [-0.05, 0) is 36.0 Å². The molecule has 23 heavy (non-hydrogen) atoms. The van der Waals surface area contributed by atoms with Gasteiger partial charge < -0.3 is 14.7 Å². The van der Waals surface area contributed by atoms with Gasteiger partial charge in [0.1, 0.15) is 5.75 Å². The molecule has 1 amide bonds. The van der Waals surface area contributed by atoms with Crippen molar-refractivity contribution in [1.82, 2.24) is 4.90 Å². The molecule has 1 fully saturated rings. The van der Waals surface area contributed by atoms with E-state index in [0.29, 0.717) is 19.5 Å². The van der Waals surface area contributed by atoms with E-state index in [-0.39, 0.29) is 17.7 Å². The Labute approximate surface area is 137 Å². The molecule has 0 aliphatic carbocycles. The first-order valence-electron chi connectivity index (χ1n) is 8.10. The molecule has 1 N–H and O–H groups in total. The van der Waals surface area contributed by atoms with Gasteiger partial charge in [0, 0.05) is 19.5 Å². The van der Waals surface area contributed by atoms with Gasteiger partial charge in [0.15, 0.2) is 0 Å². The van der Waals surface area contributed by atoms with Crippen LogP contribution in [0.5, 0.6) is 5.75 Å². The number of benzene rings is 1. The molecular weight excluding hydrogens is 294 g/mol. The summed E-state index contributed by atoms with van der Waals surface area (Å²) >= 11 is 0. The highest BCUT2D eigenvalue weighted by molar-refractivity contribution is 5.79. The van der Waals surface area contributed by atoms with Crippen molar-refractivity contribution in [1.29, 1.82) is 0 Å². The van der Waals surface area contributed by atoms with Crippen LogP contribution in [-0.2, 0) is 9.59 Å². The molecule has 5 nitrogen and oxygen atoms in total. The van der Waals surface area contributed by atoms with Crippen LogP contribution in [0.1, 0.15) is 38.2 Å². The van der Waals surface area contributed by atoms with Crippen molar-refractivity contribution in [2.24, 2.45) is 11.8 Å². The third-order valence-corrected chi connectivity index (χ3v) is 4.78. The molecule has 0 spiro atoms. The molecule has 0 saturated carbocycles. The van der Waals surface area contributed by atoms with E-state index in [2.05, 4.69) is 6.92 Å². The fourth-order valence-electron chi connectivity index (χ4n) is 3.21. The molecular formula is C18H25NO4. The van der Waals surface area contributed by atoms with E-state index in [0.717, 1.165) is 17.7 Å². The van der Waals surface area contributed by atoms with Crippen LogP contribution in [0.3, 0.4) is 0 Å². The minimum absolute atomic E-state index is 0.0116. The second-order valence-electron chi connectivity index (χ2n) is 6.30. The largest absolute Gasteiger partial charge is 0.497 e. The zero-order valence-corrected chi connectivity index (χ0v) is 14.0. The van der Waals surface area contributed by atoms with Gasteiger partial charge in [0.25, 0.3) is 0 Å². The molecule has 1 saturated heterocycles. The zero-order chi connectivity index (χ0) is 17.0. The molecule has 0 bridgehead atoms. The quantitative estimate of drug-likeness (QED) is 0.875. The van der Waals surface area contributed by atoms with Crippen LogP contribution in [-0.4, -0.2) is 42.1 Å². The van der Waals surface area contributed by atoms with Crippen LogP contribution in [0, 0.1) is 11.8 Å². The molecule has 0 aromatic heterocycles. The Kier molecular flexibility index (Phi) is 5.64. The number of carbonyl (C=O) groups excluding carboxylic acids is 1. The summed E-state index contributed by atoms with van der Waals surface area (Å²) in [5.74, 6) is -0.254. The van der Waals surface area contributed by atoms with Crippen LogP contribution in [0.4, 0.5) is 0 Å². The molecule has 126 valence electrons. The summed E-state index contributed by atoms with van der Waals surface area (Å²) in [4.78, 5) is 25.4. The lowest BCUT2D eigenvalue weighted by Gasteiger charge is -2.21. The summed E-state index contributed by atoms with van der Waals surface area (Å²) in [6.45, 7) is 4.82. The van der Waals surface area contributed by atoms with Crippen molar-refractivity contribution in [2.45, 2.75) is 32.6 Å². The Morgan fingerprint density at radius 3 is 2.43 bits per heavy atom. The van der Waals surface area contributed by atoms with Crippen molar-refractivity contribution < 1.29 is 19.4 Å². The van der Waals surface area contributed by atoms with E-state index in [1.165, 1.54) is 0 Å². The lowest BCUT2D eigenvalue weighted by Crippen LogP contribution is -2.31. The van der Waals surface area contributed by atoms with Crippen LogP contribution in [0.25, 0.3) is 0 Å². The van der Waals surface area contributed by atoms with Gasteiger partial charge in [-0.1, -0.05) is 26.0 Å². The van der Waals surface area contributed by atoms with Gasteiger partial charge >= 0.3 is 5.97 Å². The number of likely N-dealkylation sites (tertiary alicyclic amines) is 1. The highest BCUT2D eigenvalue weighted by atomic mass is 16.5. The van der Waals surface area contributed by atoms with Gasteiger partial charge in [0.05, 0.1) is 13.0 Å². The number of ether oxygens (including phenoxy) is 1. The average molecular weight is 319 g/mol. The molecule has 1 aromatic carbocycles. The number of hydrogen-bond acceptors (Lipinski definition) is 3. The Hall–Kier alpha value is -2.04. The number of carboxylic acid groups (broad SMARTS) is 1. The van der Waals surface area contributed by atoms with Crippen molar-refractivity contribution in [3.05, 3.63) is 29.8 Å². The molecule has 5 heteroatoms. The molecule has 1 aliphatic rings. The minimum atomic E-state index is -0.810. The summed E-state index contributed by atoms with van der Waals surface area (Å²) in [5.41, 5.74) is 1.11. The van der Waals surface area contributed by atoms with Crippen LogP contribution in [0.15, 0.2) is 24.3 Å². The van der Waals surface area contributed by atoms with Crippen LogP contribution >= 0.6 is 0 Å². The number of nitrogens with zero attached hydrogens (tertiary/aromatic N) is 1. The Morgan fingerprint density at radius 2 is 1.96 bits per heavy atom. The van der Waals surface area contributed by atoms with E-state index in [4.69, 9.17) is 4.74 Å². The average Bonchev–Trinajstić information content (AvgIpc) is 2.95. The summed E-state index contributed by atoms with van der Waals surface area (Å²) in [7, 11) is 1.63. The topological polar surface area (TPSA) is 66.8 Å². The zero-order valence-electron chi connectivity index (χ0n) is 14.0. The fraction of sp³-hybridized carbons (Fsp3) is 0.556. The number of amides is 1. The normalized spacial score (nSPS) is 22.0. The number of methoxy groups -OCH3 is 1. The van der Waals surface area contributed by atoms with Gasteiger partial charge in [-0.2, -0.15) is 0 Å². The standard InChI is InChI=1S/C18H25NO4/c1-4-13(14-5-7-15(23-3)8-6-14)9-17(20)19-10-12(2)16(11-19)18(21)22/h5-8,12-13,16H,4,9-11H2,1-3H3,(H,21,22)/t12-,13?,16-/m1/s1. The number of hydrogen-bond donors (Lipinski definition) is 1. The molecule has 1 aliphatic heterocycles. The molecule has 2 rings (SSSR count). The summed E-state index contributed by atoms with van der Waals surface area (Å²) in [5, 5.41) is 9.19. The summed E-state index contributed by atoms with van der Waals surface area (Å²) in [6, 6.07) is 7.79. The number of carbonyl (C=O) groups is 2. The highest BCUT2D eigenvalue weighted by Gasteiger charge is 2.37. The van der Waals surface area contributed by atoms with Crippen LogP contribution in [0.2, 0.25) is 0 Å². The minimum Gasteiger partial charge on any atom is -0.497 e. The van der Waals surface area contributed by atoms with Crippen molar-refractivity contribution in [3.63, 3.8) is 0 Å². The number of aliphatic carboxylic acids is 1. The van der Waals surface area contributed by atoms with Crippen molar-refractivity contribution >= 4 is 11.9 Å². The smallest absolute Gasteiger partial charge is 0.308 e. The maximum atomic E-state index is 12.5. The summed E-state index contributed by atoms with van der Waals surface area (Å²) in [6.07, 6.45) is 1.28. The lowest BCUT2D eigenvalue weighted by atomic mass is 9.92. The Morgan fingerprint density at radius 1 is 1.30 bits per heavy atom. The predicted octanol–water partition coefficient (Wildman–Crippen LogP) is 2.76. The second kappa shape index (κ2) is 7.49. The van der Waals surface area contributed by atoms with Gasteiger partial charge in [-0.25, -0.2) is 0 Å². The number of carboxylic acids is 1. The van der Waals surface area contributed by atoms with E-state index in [9.17, 15) is 14.7 Å². The molecule has 1 heterocycles. The van der Waals surface area contributed by atoms with Crippen molar-refractivity contribution in [3.8, 4) is 5.75 Å². The van der Waals surface area contributed by atoms with E-state index < -0.39 is 11.9 Å². The first-order chi connectivity index (χ1) is 11.0. The molecule has 1 unspecified atom stereocenters. The fourth-order valence-corrected chi connectivity index (χ4v) is 3.21. The Balaban J connectivity index is 2.01. The number of rotatable bonds is 6. The second-order valence-corrected chi connectivity index (χ2v) is 6.30. The Bertz CT molecular complexity index is 555. The van der Waals surface area contributed by atoms with E-state index >= 15 is 0 Å². The van der Waals surface area contributed by atoms with Crippen LogP contribution < -0.4 is 4.74 Å². The maximum Gasteiger partial charge on any atom is 0.308 e. The monoisotopic (exact) mass is 319 g/mol. The van der Waals surface area contributed by atoms with E-state index in [1.807, 2.05) is 31.2 Å². The lowest BCUT2D eigenvalue weighted by molar-refractivity contribution is -0.142. The summed E-state index contributed by atoms with van der Waals surface area (Å²) < 4.78 is 5.16. The first kappa shape index (κ1) is 17.3.